The molecule has 0 unspecified atom stereocenters. The molecule has 72 valence electrons. The molecule has 0 amide bonds. The Bertz CT molecular complexity index is 281. The molecule has 0 saturated heterocycles. The largest absolute Gasteiger partial charge is 0.480 e. The third kappa shape index (κ3) is 1.98. The van der Waals surface area contributed by atoms with Crippen LogP contribution in [0.1, 0.15) is 26.2 Å². The van der Waals surface area contributed by atoms with Crippen molar-refractivity contribution in [1.82, 2.24) is 0 Å². The van der Waals surface area contributed by atoms with E-state index in [1.807, 2.05) is 13.0 Å². The highest BCUT2D eigenvalue weighted by Gasteiger charge is 2.36. The van der Waals surface area contributed by atoms with Gasteiger partial charge in [-0.3, -0.25) is 4.79 Å². The lowest BCUT2D eigenvalue weighted by atomic mass is 9.80. The van der Waals surface area contributed by atoms with Gasteiger partial charge in [-0.05, 0) is 25.3 Å². The van der Waals surface area contributed by atoms with Crippen molar-refractivity contribution >= 4 is 5.97 Å². The molecule has 0 fully saturated rings. The first-order chi connectivity index (χ1) is 5.96. The Morgan fingerprint density at radius 1 is 1.77 bits per heavy atom. The van der Waals surface area contributed by atoms with Gasteiger partial charge in [-0.25, -0.2) is 0 Å². The summed E-state index contributed by atoms with van der Waals surface area (Å²) in [7, 11) is 0. The average Bonchev–Trinajstić information content (AvgIpc) is 2.04. The SMILES string of the molecule is C=C(C)C1=CCC[C@](N)(C(=O)O)C1. The number of allylic oxidation sites excluding steroid dienone is 2. The molecule has 3 nitrogen and oxygen atoms in total. The number of hydrogen-bond donors (Lipinski definition) is 2. The molecule has 0 aromatic rings. The molecule has 3 N–H and O–H groups in total. The molecule has 1 atom stereocenters. The van der Waals surface area contributed by atoms with Crippen molar-refractivity contribution in [2.75, 3.05) is 0 Å². The minimum absolute atomic E-state index is 0.400. The van der Waals surface area contributed by atoms with Gasteiger partial charge in [0.2, 0.25) is 0 Å². The molecular weight excluding hydrogens is 166 g/mol. The van der Waals surface area contributed by atoms with Crippen molar-refractivity contribution in [1.29, 1.82) is 0 Å². The molecule has 0 radical (unpaired) electrons. The molecule has 0 bridgehead atoms. The van der Waals surface area contributed by atoms with E-state index in [2.05, 4.69) is 6.58 Å². The van der Waals surface area contributed by atoms with Crippen molar-refractivity contribution in [2.24, 2.45) is 5.73 Å². The van der Waals surface area contributed by atoms with E-state index in [-0.39, 0.29) is 0 Å². The van der Waals surface area contributed by atoms with Gasteiger partial charge in [0.05, 0.1) is 0 Å². The second-order valence-electron chi connectivity index (χ2n) is 3.69. The van der Waals surface area contributed by atoms with Gasteiger partial charge in [-0.1, -0.05) is 18.2 Å². The molecular formula is C10H15NO2. The van der Waals surface area contributed by atoms with Gasteiger partial charge in [0.25, 0.3) is 0 Å². The Morgan fingerprint density at radius 3 is 2.85 bits per heavy atom. The predicted molar refractivity (Wildman–Crippen MR) is 51.3 cm³/mol. The third-order valence-corrected chi connectivity index (χ3v) is 2.46. The maximum Gasteiger partial charge on any atom is 0.324 e. The number of hydrogen-bond acceptors (Lipinski definition) is 2. The van der Waals surface area contributed by atoms with Gasteiger partial charge in [-0.15, -0.1) is 0 Å². The summed E-state index contributed by atoms with van der Waals surface area (Å²) >= 11 is 0. The van der Waals surface area contributed by atoms with E-state index in [4.69, 9.17) is 10.8 Å². The first kappa shape index (κ1) is 9.99. The Morgan fingerprint density at radius 2 is 2.38 bits per heavy atom. The summed E-state index contributed by atoms with van der Waals surface area (Å²) in [6.07, 6.45) is 3.66. The van der Waals surface area contributed by atoms with Crippen LogP contribution in [0.3, 0.4) is 0 Å². The van der Waals surface area contributed by atoms with Gasteiger partial charge in [-0.2, -0.15) is 0 Å². The van der Waals surface area contributed by atoms with Crippen molar-refractivity contribution in [3.05, 3.63) is 23.8 Å². The van der Waals surface area contributed by atoms with Crippen LogP contribution >= 0.6 is 0 Å². The first-order valence-corrected chi connectivity index (χ1v) is 4.33. The fourth-order valence-corrected chi connectivity index (χ4v) is 1.51. The highest BCUT2D eigenvalue weighted by molar-refractivity contribution is 5.79. The predicted octanol–water partition coefficient (Wildman–Crippen LogP) is 1.45. The first-order valence-electron chi connectivity index (χ1n) is 4.33. The van der Waals surface area contributed by atoms with E-state index >= 15 is 0 Å². The van der Waals surface area contributed by atoms with Gasteiger partial charge in [0, 0.05) is 6.42 Å². The molecule has 3 heteroatoms. The minimum atomic E-state index is -1.08. The van der Waals surface area contributed by atoms with Crippen molar-refractivity contribution < 1.29 is 9.90 Å². The van der Waals surface area contributed by atoms with E-state index in [1.165, 1.54) is 0 Å². The highest BCUT2D eigenvalue weighted by Crippen LogP contribution is 2.29. The summed E-state index contributed by atoms with van der Waals surface area (Å²) < 4.78 is 0. The fraction of sp³-hybridized carbons (Fsp3) is 0.500. The molecule has 1 aliphatic rings. The molecule has 0 saturated carbocycles. The second-order valence-corrected chi connectivity index (χ2v) is 3.69. The monoisotopic (exact) mass is 181 g/mol. The molecule has 13 heavy (non-hydrogen) atoms. The zero-order valence-electron chi connectivity index (χ0n) is 7.84. The van der Waals surface area contributed by atoms with Crippen molar-refractivity contribution in [2.45, 2.75) is 31.7 Å². The van der Waals surface area contributed by atoms with Crippen LogP contribution in [-0.4, -0.2) is 16.6 Å². The van der Waals surface area contributed by atoms with Gasteiger partial charge < -0.3 is 10.8 Å². The maximum absolute atomic E-state index is 10.9. The van der Waals surface area contributed by atoms with Crippen LogP contribution in [0.25, 0.3) is 0 Å². The number of nitrogens with two attached hydrogens (primary N) is 1. The summed E-state index contributed by atoms with van der Waals surface area (Å²) in [5.74, 6) is -0.917. The van der Waals surface area contributed by atoms with Crippen LogP contribution in [0.2, 0.25) is 0 Å². The summed E-state index contributed by atoms with van der Waals surface area (Å²) in [4.78, 5) is 10.9. The average molecular weight is 181 g/mol. The lowest BCUT2D eigenvalue weighted by Gasteiger charge is -2.29. The highest BCUT2D eigenvalue weighted by atomic mass is 16.4. The summed E-state index contributed by atoms with van der Waals surface area (Å²) in [5, 5.41) is 8.92. The quantitative estimate of drug-likeness (QED) is 0.677. The number of rotatable bonds is 2. The Kier molecular flexibility index (Phi) is 2.57. The third-order valence-electron chi connectivity index (χ3n) is 2.46. The number of aliphatic carboxylic acids is 1. The topological polar surface area (TPSA) is 63.3 Å². The minimum Gasteiger partial charge on any atom is -0.480 e. The van der Waals surface area contributed by atoms with Gasteiger partial charge >= 0.3 is 5.97 Å². The van der Waals surface area contributed by atoms with Gasteiger partial charge in [0.15, 0.2) is 0 Å². The Labute approximate surface area is 77.9 Å². The Balaban J connectivity index is 2.84. The van der Waals surface area contributed by atoms with E-state index in [1.54, 1.807) is 0 Å². The zero-order valence-corrected chi connectivity index (χ0v) is 7.84. The van der Waals surface area contributed by atoms with Crippen molar-refractivity contribution in [3.8, 4) is 0 Å². The molecule has 0 aromatic heterocycles. The van der Waals surface area contributed by atoms with Crippen LogP contribution in [-0.2, 0) is 4.79 Å². The van der Waals surface area contributed by atoms with E-state index < -0.39 is 11.5 Å². The number of carboxylic acid groups (broad SMARTS) is 1. The standard InChI is InChI=1S/C10H15NO2/c1-7(2)8-4-3-5-10(11,6-8)9(12)13/h4H,1,3,5-6,11H2,2H3,(H,12,13)/t10-/m1/s1. The summed E-state index contributed by atoms with van der Waals surface area (Å²) in [6, 6.07) is 0. The van der Waals surface area contributed by atoms with E-state index in [0.29, 0.717) is 12.8 Å². The zero-order chi connectivity index (χ0) is 10.1. The molecule has 0 aromatic carbocycles. The maximum atomic E-state index is 10.9. The molecule has 0 aliphatic heterocycles. The van der Waals surface area contributed by atoms with Crippen LogP contribution < -0.4 is 5.73 Å². The summed E-state index contributed by atoms with van der Waals surface area (Å²) in [5.41, 5.74) is 6.56. The van der Waals surface area contributed by atoms with Crippen LogP contribution in [0.5, 0.6) is 0 Å². The second kappa shape index (κ2) is 3.34. The Hall–Kier alpha value is -1.09. The van der Waals surface area contributed by atoms with Crippen molar-refractivity contribution in [3.63, 3.8) is 0 Å². The van der Waals surface area contributed by atoms with Crippen LogP contribution in [0.15, 0.2) is 23.8 Å². The molecule has 0 heterocycles. The smallest absolute Gasteiger partial charge is 0.324 e. The van der Waals surface area contributed by atoms with E-state index in [0.717, 1.165) is 17.6 Å². The van der Waals surface area contributed by atoms with Gasteiger partial charge in [0.1, 0.15) is 5.54 Å². The number of carboxylic acids is 1. The molecule has 1 aliphatic carbocycles. The normalized spacial score (nSPS) is 28.0. The summed E-state index contributed by atoms with van der Waals surface area (Å²) in [6.45, 7) is 5.66. The lowest BCUT2D eigenvalue weighted by Crippen LogP contribution is -2.49. The number of carbonyl (C=O) groups is 1. The lowest BCUT2D eigenvalue weighted by molar-refractivity contribution is -0.143. The fourth-order valence-electron chi connectivity index (χ4n) is 1.51. The van der Waals surface area contributed by atoms with E-state index in [9.17, 15) is 4.79 Å². The van der Waals surface area contributed by atoms with Crippen LogP contribution in [0.4, 0.5) is 0 Å². The molecule has 0 spiro atoms. The van der Waals surface area contributed by atoms with Crippen LogP contribution in [0, 0.1) is 0 Å². The molecule has 1 rings (SSSR count).